The molecule has 0 saturated heterocycles. The fourth-order valence-corrected chi connectivity index (χ4v) is 1.41. The number of ketones is 1. The molecule has 1 aromatic rings. The highest BCUT2D eigenvalue weighted by atomic mass is 35.5. The fraction of sp³-hybridized carbons (Fsp3) is 0.556. The number of carbonyl (C=O) groups excluding carboxylic acids is 1. The molecule has 0 spiro atoms. The molecule has 15 heavy (non-hydrogen) atoms. The largest absolute Gasteiger partial charge is 0.302 e. The van der Waals surface area contributed by atoms with E-state index in [9.17, 15) is 13.6 Å². The van der Waals surface area contributed by atoms with E-state index in [0.29, 0.717) is 18.3 Å². The van der Waals surface area contributed by atoms with Gasteiger partial charge in [-0.15, -0.1) is 0 Å². The lowest BCUT2D eigenvalue weighted by Crippen LogP contribution is -2.27. The molecule has 0 fully saturated rings. The van der Waals surface area contributed by atoms with Gasteiger partial charge in [0, 0.05) is 14.0 Å². The normalized spacial score (nSPS) is 11.9. The van der Waals surface area contributed by atoms with Crippen LogP contribution in [-0.4, -0.2) is 21.5 Å². The predicted octanol–water partition coefficient (Wildman–Crippen LogP) is 2.15. The van der Waals surface area contributed by atoms with Crippen molar-refractivity contribution in [3.05, 3.63) is 16.4 Å². The van der Waals surface area contributed by atoms with Gasteiger partial charge in [-0.3, -0.25) is 9.48 Å². The molecule has 0 aliphatic heterocycles. The summed E-state index contributed by atoms with van der Waals surface area (Å²) in [5.41, 5.74) is 0.849. The van der Waals surface area contributed by atoms with Crippen molar-refractivity contribution >= 4 is 17.4 Å². The minimum atomic E-state index is -3.33. The second kappa shape index (κ2) is 3.89. The van der Waals surface area contributed by atoms with Crippen LogP contribution in [-0.2, 0) is 18.3 Å². The molecule has 1 heterocycles. The van der Waals surface area contributed by atoms with Crippen molar-refractivity contribution in [2.45, 2.75) is 26.2 Å². The first-order valence-electron chi connectivity index (χ1n) is 4.32. The average molecular weight is 237 g/mol. The Labute approximate surface area is 91.0 Å². The van der Waals surface area contributed by atoms with Gasteiger partial charge in [-0.2, -0.15) is 13.9 Å². The first-order valence-corrected chi connectivity index (χ1v) is 4.70. The van der Waals surface area contributed by atoms with Gasteiger partial charge in [-0.1, -0.05) is 11.6 Å². The number of rotatable bonds is 3. The Morgan fingerprint density at radius 1 is 1.60 bits per heavy atom. The zero-order valence-electron chi connectivity index (χ0n) is 8.64. The Bertz CT molecular complexity index is 396. The Morgan fingerprint density at radius 2 is 2.13 bits per heavy atom. The first kappa shape index (κ1) is 12.1. The number of aryl methyl sites for hydroxylation is 2. The fourth-order valence-electron chi connectivity index (χ4n) is 1.18. The minimum Gasteiger partial charge on any atom is -0.293 e. The molecule has 0 N–H and O–H groups in total. The average Bonchev–Trinajstić information content (AvgIpc) is 2.30. The van der Waals surface area contributed by atoms with E-state index < -0.39 is 18.1 Å². The van der Waals surface area contributed by atoms with Gasteiger partial charge >= 0.3 is 5.92 Å². The van der Waals surface area contributed by atoms with E-state index >= 15 is 0 Å². The second-order valence-corrected chi connectivity index (χ2v) is 3.84. The van der Waals surface area contributed by atoms with Crippen LogP contribution in [0.5, 0.6) is 0 Å². The number of hydrogen-bond donors (Lipinski definition) is 0. The van der Waals surface area contributed by atoms with Gasteiger partial charge in [0.25, 0.3) is 0 Å². The number of halogens is 3. The van der Waals surface area contributed by atoms with Crippen LogP contribution in [0, 0.1) is 6.92 Å². The zero-order valence-corrected chi connectivity index (χ0v) is 9.40. The van der Waals surface area contributed by atoms with Crippen LogP contribution in [0.25, 0.3) is 0 Å². The van der Waals surface area contributed by atoms with Gasteiger partial charge in [0.2, 0.25) is 5.78 Å². The van der Waals surface area contributed by atoms with E-state index in [4.69, 9.17) is 11.6 Å². The molecule has 0 aromatic carbocycles. The lowest BCUT2D eigenvalue weighted by molar-refractivity contribution is -0.139. The van der Waals surface area contributed by atoms with E-state index in [-0.39, 0.29) is 5.02 Å². The lowest BCUT2D eigenvalue weighted by atomic mass is 10.1. The summed E-state index contributed by atoms with van der Waals surface area (Å²) in [5.74, 6) is -4.49. The SMILES string of the molecule is Cc1nn(C)c(CC(=O)C(C)(F)F)c1Cl. The number of alkyl halides is 2. The summed E-state index contributed by atoms with van der Waals surface area (Å²) in [4.78, 5) is 11.1. The monoisotopic (exact) mass is 236 g/mol. The Morgan fingerprint density at radius 3 is 2.47 bits per heavy atom. The zero-order chi connectivity index (χ0) is 11.8. The third kappa shape index (κ3) is 2.53. The molecule has 6 heteroatoms. The Balaban J connectivity index is 2.95. The molecule has 0 aliphatic rings. The molecule has 0 aliphatic carbocycles. The van der Waals surface area contributed by atoms with Crippen molar-refractivity contribution < 1.29 is 13.6 Å². The predicted molar refractivity (Wildman–Crippen MR) is 52.3 cm³/mol. The van der Waals surface area contributed by atoms with Crippen LogP contribution >= 0.6 is 11.6 Å². The molecule has 1 rings (SSSR count). The third-order valence-corrected chi connectivity index (χ3v) is 2.57. The molecule has 0 unspecified atom stereocenters. The van der Waals surface area contributed by atoms with Crippen molar-refractivity contribution in [1.82, 2.24) is 9.78 Å². The Hall–Kier alpha value is -0.970. The van der Waals surface area contributed by atoms with Crippen molar-refractivity contribution in [3.63, 3.8) is 0 Å². The number of Topliss-reactive ketones (excluding diaryl/α,β-unsaturated/α-hetero) is 1. The van der Waals surface area contributed by atoms with Crippen LogP contribution in [0.3, 0.4) is 0 Å². The summed E-state index contributed by atoms with van der Waals surface area (Å²) in [6.07, 6.45) is -0.403. The van der Waals surface area contributed by atoms with Crippen molar-refractivity contribution in [2.24, 2.45) is 7.05 Å². The molecule has 0 atom stereocenters. The first-order chi connectivity index (χ1) is 6.73. The number of nitrogens with zero attached hydrogens (tertiary/aromatic N) is 2. The molecule has 0 saturated carbocycles. The summed E-state index contributed by atoms with van der Waals surface area (Å²) in [7, 11) is 1.56. The van der Waals surface area contributed by atoms with Crippen LogP contribution < -0.4 is 0 Å². The van der Waals surface area contributed by atoms with Gasteiger partial charge in [-0.25, -0.2) is 0 Å². The smallest absolute Gasteiger partial charge is 0.293 e. The van der Waals surface area contributed by atoms with Crippen LogP contribution in [0.1, 0.15) is 18.3 Å². The molecule has 0 radical (unpaired) electrons. The summed E-state index contributed by atoms with van der Waals surface area (Å²) in [6, 6.07) is 0. The topological polar surface area (TPSA) is 34.9 Å². The molecular weight excluding hydrogens is 226 g/mol. The van der Waals surface area contributed by atoms with E-state index in [2.05, 4.69) is 5.10 Å². The van der Waals surface area contributed by atoms with E-state index in [1.165, 1.54) is 4.68 Å². The lowest BCUT2D eigenvalue weighted by Gasteiger charge is -2.08. The number of carbonyl (C=O) groups is 1. The standard InChI is InChI=1S/C9H11ClF2N2O/c1-5-8(10)6(14(3)13-5)4-7(15)9(2,11)12/h4H2,1-3H3. The van der Waals surface area contributed by atoms with Gasteiger partial charge in [0.15, 0.2) is 0 Å². The number of hydrogen-bond acceptors (Lipinski definition) is 2. The summed E-state index contributed by atoms with van der Waals surface area (Å²) >= 11 is 5.83. The van der Waals surface area contributed by atoms with E-state index in [0.717, 1.165) is 0 Å². The number of aromatic nitrogens is 2. The third-order valence-electron chi connectivity index (χ3n) is 2.08. The van der Waals surface area contributed by atoms with Crippen LogP contribution in [0.4, 0.5) is 8.78 Å². The van der Waals surface area contributed by atoms with Crippen LogP contribution in [0.2, 0.25) is 5.02 Å². The summed E-state index contributed by atoms with van der Waals surface area (Å²) < 4.78 is 26.6. The molecule has 0 bridgehead atoms. The molecule has 0 amide bonds. The highest BCUT2D eigenvalue weighted by Gasteiger charge is 2.33. The minimum absolute atomic E-state index is 0.273. The molecular formula is C9H11ClF2N2O. The van der Waals surface area contributed by atoms with E-state index in [1.54, 1.807) is 14.0 Å². The second-order valence-electron chi connectivity index (χ2n) is 3.46. The van der Waals surface area contributed by atoms with Crippen LogP contribution in [0.15, 0.2) is 0 Å². The molecule has 1 aromatic heterocycles. The Kier molecular flexibility index (Phi) is 3.13. The quantitative estimate of drug-likeness (QED) is 0.806. The van der Waals surface area contributed by atoms with Crippen molar-refractivity contribution in [3.8, 4) is 0 Å². The maximum atomic E-state index is 12.6. The van der Waals surface area contributed by atoms with Gasteiger partial charge in [0.05, 0.1) is 22.8 Å². The molecule has 84 valence electrons. The molecule has 3 nitrogen and oxygen atoms in total. The van der Waals surface area contributed by atoms with Gasteiger partial charge in [0.1, 0.15) is 0 Å². The van der Waals surface area contributed by atoms with Gasteiger partial charge in [-0.05, 0) is 6.92 Å². The van der Waals surface area contributed by atoms with Gasteiger partial charge < -0.3 is 0 Å². The maximum absolute atomic E-state index is 12.6. The maximum Gasteiger partial charge on any atom is 0.302 e. The highest BCUT2D eigenvalue weighted by molar-refractivity contribution is 6.32. The van der Waals surface area contributed by atoms with Crippen molar-refractivity contribution in [2.75, 3.05) is 0 Å². The summed E-state index contributed by atoms with van der Waals surface area (Å²) in [5, 5.41) is 4.21. The van der Waals surface area contributed by atoms with Crippen molar-refractivity contribution in [1.29, 1.82) is 0 Å². The summed E-state index contributed by atoms with van der Waals surface area (Å²) in [6.45, 7) is 2.23. The van der Waals surface area contributed by atoms with E-state index in [1.807, 2.05) is 0 Å². The highest BCUT2D eigenvalue weighted by Crippen LogP contribution is 2.23.